The van der Waals surface area contributed by atoms with Crippen LogP contribution in [0.3, 0.4) is 0 Å². The predicted octanol–water partition coefficient (Wildman–Crippen LogP) is -0.0333. The summed E-state index contributed by atoms with van der Waals surface area (Å²) in [7, 11) is -4.67. The molecule has 0 saturated carbocycles. The predicted molar refractivity (Wildman–Crippen MR) is 46.0 cm³/mol. The fourth-order valence-electron chi connectivity index (χ4n) is 0.533. The van der Waals surface area contributed by atoms with Crippen LogP contribution in [0.5, 0.6) is 0 Å². The van der Waals surface area contributed by atoms with E-state index in [2.05, 4.69) is 0 Å². The number of hydrogen-bond donors (Lipinski definition) is 2. The van der Waals surface area contributed by atoms with Gasteiger partial charge in [-0.3, -0.25) is 9.11 Å². The topological polar surface area (TPSA) is 74.6 Å². The van der Waals surface area contributed by atoms with Gasteiger partial charge in [-0.05, 0) is 0 Å². The molecule has 13 heavy (non-hydrogen) atoms. The third-order valence-electron chi connectivity index (χ3n) is 1.01. The van der Waals surface area contributed by atoms with Crippen LogP contribution in [-0.4, -0.2) is 35.2 Å². The van der Waals surface area contributed by atoms with Crippen LogP contribution in [0, 0.1) is 5.82 Å². The van der Waals surface area contributed by atoms with Crippen molar-refractivity contribution in [1.82, 2.24) is 0 Å². The van der Waals surface area contributed by atoms with E-state index < -0.39 is 10.4 Å². The van der Waals surface area contributed by atoms with Gasteiger partial charge in [0, 0.05) is 0 Å². The summed E-state index contributed by atoms with van der Waals surface area (Å²) in [4.78, 5) is 0. The Morgan fingerprint density at radius 2 is 1.46 bits per heavy atom. The molecule has 0 spiro atoms. The van der Waals surface area contributed by atoms with Crippen molar-refractivity contribution < 1.29 is 21.9 Å². The van der Waals surface area contributed by atoms with E-state index in [1.807, 2.05) is 17.7 Å². The minimum absolute atomic E-state index is 0.171. The van der Waals surface area contributed by atoms with E-state index in [-0.39, 0.29) is 5.82 Å². The first-order valence-corrected chi connectivity index (χ1v) is 4.61. The van der Waals surface area contributed by atoms with Crippen molar-refractivity contribution in [2.24, 2.45) is 0 Å². The van der Waals surface area contributed by atoms with Crippen LogP contribution in [0.25, 0.3) is 0 Å². The van der Waals surface area contributed by atoms with Gasteiger partial charge in [-0.15, -0.1) is 0 Å². The summed E-state index contributed by atoms with van der Waals surface area (Å²) in [5, 5.41) is 0. The zero-order chi connectivity index (χ0) is 10.5. The van der Waals surface area contributed by atoms with Gasteiger partial charge in [0.05, 0.1) is 0 Å². The van der Waals surface area contributed by atoms with Crippen LogP contribution in [0.4, 0.5) is 4.39 Å². The molecule has 1 aromatic rings. The Bertz CT molecular complexity index is 318. The Morgan fingerprint density at radius 1 is 1.15 bits per heavy atom. The Hall–Kier alpha value is -0.383. The fourth-order valence-corrected chi connectivity index (χ4v) is 0.533. The fraction of sp³-hybridized carbons (Fsp3) is 0. The molecular weight excluding hydrogens is 194 g/mol. The second kappa shape index (κ2) is 5.37. The molecule has 1 aromatic carbocycles. The molecule has 7 heteroatoms. The molecule has 0 saturated heterocycles. The van der Waals surface area contributed by atoms with Gasteiger partial charge in [-0.25, -0.2) is 0 Å². The molecule has 0 heterocycles. The molecule has 0 aromatic heterocycles. The molecular formula is C6H6FLiO4S. The molecule has 2 N–H and O–H groups in total. The summed E-state index contributed by atoms with van der Waals surface area (Å²) in [5.74, 6) is -0.171. The standard InChI is InChI=1S/C6H4F.Li.H2O4S/c7-6-4-2-1-3-5-6;;1-5(2,3)4/h2-5H;;(H2,1,2,3,4). The Kier molecular flexibility index (Phi) is 5.21. The Balaban J connectivity index is 0.000000252. The average molecular weight is 200 g/mol. The maximum atomic E-state index is 12.1. The number of hydrogen-bond acceptors (Lipinski definition) is 2. The molecule has 0 atom stereocenters. The molecule has 0 aliphatic heterocycles. The van der Waals surface area contributed by atoms with Gasteiger partial charge in [0.15, 0.2) is 0 Å². The van der Waals surface area contributed by atoms with E-state index in [9.17, 15) is 4.39 Å². The first-order valence-electron chi connectivity index (χ1n) is 3.21. The van der Waals surface area contributed by atoms with Gasteiger partial charge >= 0.3 is 66.8 Å². The molecule has 4 nitrogen and oxygen atoms in total. The maximum absolute atomic E-state index is 12.1. The minimum atomic E-state index is -4.67. The van der Waals surface area contributed by atoms with Gasteiger partial charge in [-0.1, -0.05) is 0 Å². The van der Waals surface area contributed by atoms with Crippen molar-refractivity contribution in [3.05, 3.63) is 30.1 Å². The summed E-state index contributed by atoms with van der Waals surface area (Å²) in [6, 6.07) is 6.40. The normalized spacial score (nSPS) is 10.2. The van der Waals surface area contributed by atoms with Crippen molar-refractivity contribution in [2.45, 2.75) is 0 Å². The number of halogens is 1. The summed E-state index contributed by atoms with van der Waals surface area (Å²) in [6.45, 7) is 0. The van der Waals surface area contributed by atoms with E-state index in [1.165, 1.54) is 12.1 Å². The number of benzene rings is 1. The first kappa shape index (κ1) is 12.6. The van der Waals surface area contributed by atoms with Crippen molar-refractivity contribution in [2.75, 3.05) is 0 Å². The van der Waals surface area contributed by atoms with E-state index in [1.54, 1.807) is 12.1 Å². The van der Waals surface area contributed by atoms with Crippen molar-refractivity contribution in [1.29, 1.82) is 0 Å². The van der Waals surface area contributed by atoms with Gasteiger partial charge in [0.25, 0.3) is 0 Å². The zero-order valence-electron chi connectivity index (χ0n) is 6.81. The second-order valence-corrected chi connectivity index (χ2v) is 3.14. The Labute approximate surface area is 84.6 Å². The number of rotatable bonds is 0. The molecule has 0 amide bonds. The first-order chi connectivity index (χ1) is 5.79. The molecule has 0 aliphatic carbocycles. The molecule has 0 unspecified atom stereocenters. The summed E-state index contributed by atoms with van der Waals surface area (Å²) in [6.07, 6.45) is 0. The third-order valence-corrected chi connectivity index (χ3v) is 1.01. The van der Waals surface area contributed by atoms with Crippen molar-refractivity contribution in [3.63, 3.8) is 0 Å². The summed E-state index contributed by atoms with van der Waals surface area (Å²) in [5.41, 5.74) is 0. The summed E-state index contributed by atoms with van der Waals surface area (Å²) >= 11 is 1.93. The van der Waals surface area contributed by atoms with E-state index in [0.29, 0.717) is 0 Å². The van der Waals surface area contributed by atoms with Crippen LogP contribution in [-0.2, 0) is 10.4 Å². The van der Waals surface area contributed by atoms with Gasteiger partial charge in [-0.2, -0.15) is 8.42 Å². The third kappa shape index (κ3) is 11.6. The zero-order valence-corrected chi connectivity index (χ0v) is 7.62. The van der Waals surface area contributed by atoms with E-state index in [0.717, 1.165) is 4.24 Å². The van der Waals surface area contributed by atoms with Crippen LogP contribution >= 0.6 is 0 Å². The average Bonchev–Trinajstić information content (AvgIpc) is 1.92. The van der Waals surface area contributed by atoms with E-state index in [4.69, 9.17) is 17.5 Å². The Morgan fingerprint density at radius 3 is 1.69 bits per heavy atom. The van der Waals surface area contributed by atoms with E-state index >= 15 is 0 Å². The van der Waals surface area contributed by atoms with Crippen LogP contribution in [0.2, 0.25) is 0 Å². The van der Waals surface area contributed by atoms with Gasteiger partial charge in [0.2, 0.25) is 0 Å². The molecule has 0 fully saturated rings. The summed E-state index contributed by atoms with van der Waals surface area (Å²) < 4.78 is 44.8. The van der Waals surface area contributed by atoms with Crippen LogP contribution in [0.15, 0.2) is 24.3 Å². The quantitative estimate of drug-likeness (QED) is 0.455. The SMILES string of the molecule is O=S(=O)(O)O.[Li][c]1ccc(F)cc1. The molecule has 1 rings (SSSR count). The van der Waals surface area contributed by atoms with Crippen molar-refractivity contribution in [3.8, 4) is 0 Å². The van der Waals surface area contributed by atoms with Crippen LogP contribution < -0.4 is 4.24 Å². The van der Waals surface area contributed by atoms with Crippen LogP contribution in [0.1, 0.15) is 0 Å². The van der Waals surface area contributed by atoms with Gasteiger partial charge in [0.1, 0.15) is 0 Å². The second-order valence-electron chi connectivity index (χ2n) is 2.24. The molecule has 0 aliphatic rings. The van der Waals surface area contributed by atoms with Gasteiger partial charge < -0.3 is 0 Å². The molecule has 0 radical (unpaired) electrons. The monoisotopic (exact) mass is 200 g/mol. The molecule has 0 bridgehead atoms. The van der Waals surface area contributed by atoms with Crippen molar-refractivity contribution >= 4 is 32.4 Å². The molecule has 68 valence electrons.